The van der Waals surface area contributed by atoms with Crippen LogP contribution in [-0.2, 0) is 6.54 Å². The monoisotopic (exact) mass is 236 g/mol. The minimum absolute atomic E-state index is 0.336. The second kappa shape index (κ2) is 5.67. The van der Waals surface area contributed by atoms with Crippen LogP contribution in [0.3, 0.4) is 0 Å². The summed E-state index contributed by atoms with van der Waals surface area (Å²) in [6, 6.07) is 2.02. The third-order valence-corrected chi connectivity index (χ3v) is 3.90. The fourth-order valence-corrected chi connectivity index (χ4v) is 2.93. The third-order valence-electron chi connectivity index (χ3n) is 3.90. The van der Waals surface area contributed by atoms with Crippen molar-refractivity contribution in [3.63, 3.8) is 0 Å². The molecule has 1 N–H and O–H groups in total. The number of aliphatic hydroxyl groups is 1. The van der Waals surface area contributed by atoms with Gasteiger partial charge in [0.25, 0.3) is 0 Å². The van der Waals surface area contributed by atoms with Crippen molar-refractivity contribution in [1.29, 1.82) is 0 Å². The lowest BCUT2D eigenvalue weighted by molar-refractivity contribution is 0.146. The lowest BCUT2D eigenvalue weighted by Crippen LogP contribution is -2.09. The van der Waals surface area contributed by atoms with Crippen molar-refractivity contribution >= 4 is 0 Å². The van der Waals surface area contributed by atoms with E-state index in [0.717, 1.165) is 36.7 Å². The van der Waals surface area contributed by atoms with Gasteiger partial charge < -0.3 is 5.11 Å². The number of aliphatic hydroxyl groups excluding tert-OH is 1. The first kappa shape index (κ1) is 12.6. The summed E-state index contributed by atoms with van der Waals surface area (Å²) in [4.78, 5) is 0. The highest BCUT2D eigenvalue weighted by Gasteiger charge is 2.19. The third kappa shape index (κ3) is 3.09. The molecule has 96 valence electrons. The van der Waals surface area contributed by atoms with Crippen molar-refractivity contribution in [2.45, 2.75) is 65.0 Å². The van der Waals surface area contributed by atoms with Crippen LogP contribution < -0.4 is 0 Å². The van der Waals surface area contributed by atoms with E-state index in [1.165, 1.54) is 25.7 Å². The predicted octanol–water partition coefficient (Wildman–Crippen LogP) is 3.22. The van der Waals surface area contributed by atoms with Gasteiger partial charge in [0.15, 0.2) is 0 Å². The van der Waals surface area contributed by atoms with Gasteiger partial charge >= 0.3 is 0 Å². The van der Waals surface area contributed by atoms with Gasteiger partial charge in [-0.1, -0.05) is 25.7 Å². The molecule has 17 heavy (non-hydrogen) atoms. The fraction of sp³-hybridized carbons (Fsp3) is 0.786. The molecule has 1 saturated carbocycles. The summed E-state index contributed by atoms with van der Waals surface area (Å²) in [6.07, 6.45) is 7.19. The summed E-state index contributed by atoms with van der Waals surface area (Å²) in [5.74, 6) is 0.851. The maximum atomic E-state index is 10.2. The minimum Gasteiger partial charge on any atom is -0.387 e. The van der Waals surface area contributed by atoms with Gasteiger partial charge in [-0.15, -0.1) is 0 Å². The molecule has 1 aliphatic rings. The average Bonchev–Trinajstić information content (AvgIpc) is 2.94. The average molecular weight is 236 g/mol. The first-order chi connectivity index (χ1) is 8.20. The lowest BCUT2D eigenvalue weighted by Gasteiger charge is -2.14. The summed E-state index contributed by atoms with van der Waals surface area (Å²) in [7, 11) is 0. The van der Waals surface area contributed by atoms with E-state index in [0.29, 0.717) is 0 Å². The summed E-state index contributed by atoms with van der Waals surface area (Å²) < 4.78 is 1.93. The quantitative estimate of drug-likeness (QED) is 0.852. The topological polar surface area (TPSA) is 38.0 Å². The molecule has 0 spiro atoms. The van der Waals surface area contributed by atoms with E-state index in [1.807, 2.05) is 17.7 Å². The Labute approximate surface area is 104 Å². The highest BCUT2D eigenvalue weighted by molar-refractivity contribution is 5.11. The Morgan fingerprint density at radius 1 is 1.47 bits per heavy atom. The zero-order chi connectivity index (χ0) is 12.3. The maximum Gasteiger partial charge on any atom is 0.0956 e. The van der Waals surface area contributed by atoms with Crippen molar-refractivity contribution in [3.05, 3.63) is 17.5 Å². The van der Waals surface area contributed by atoms with Gasteiger partial charge in [-0.3, -0.25) is 4.68 Å². The molecule has 1 unspecified atom stereocenters. The van der Waals surface area contributed by atoms with Crippen molar-refractivity contribution in [1.82, 2.24) is 9.78 Å². The molecule has 0 saturated heterocycles. The molecule has 3 nitrogen and oxygen atoms in total. The zero-order valence-corrected chi connectivity index (χ0v) is 11.0. The summed E-state index contributed by atoms with van der Waals surface area (Å²) in [6.45, 7) is 4.89. The Kier molecular flexibility index (Phi) is 4.21. The van der Waals surface area contributed by atoms with Gasteiger partial charge in [0.1, 0.15) is 0 Å². The van der Waals surface area contributed by atoms with E-state index >= 15 is 0 Å². The number of hydrogen-bond donors (Lipinski definition) is 1. The molecule has 0 aromatic carbocycles. The Morgan fingerprint density at radius 3 is 2.82 bits per heavy atom. The normalized spacial score (nSPS) is 18.8. The number of nitrogens with zero attached hydrogens (tertiary/aromatic N) is 2. The molecule has 2 rings (SSSR count). The Bertz CT molecular complexity index is 353. The van der Waals surface area contributed by atoms with Gasteiger partial charge in [-0.2, -0.15) is 5.10 Å². The number of rotatable bonds is 5. The van der Waals surface area contributed by atoms with Gasteiger partial charge in [-0.05, 0) is 38.7 Å². The smallest absolute Gasteiger partial charge is 0.0956 e. The molecule has 1 fully saturated rings. The van der Waals surface area contributed by atoms with Crippen LogP contribution in [-0.4, -0.2) is 14.9 Å². The summed E-state index contributed by atoms with van der Waals surface area (Å²) in [5, 5.41) is 14.6. The number of aryl methyl sites for hydroxylation is 2. The van der Waals surface area contributed by atoms with Crippen molar-refractivity contribution in [2.75, 3.05) is 0 Å². The molecular formula is C14H24N2O. The highest BCUT2D eigenvalue weighted by atomic mass is 16.3. The molecule has 1 aromatic heterocycles. The first-order valence-corrected chi connectivity index (χ1v) is 6.93. The Morgan fingerprint density at radius 2 is 2.18 bits per heavy atom. The number of aromatic nitrogens is 2. The van der Waals surface area contributed by atoms with Gasteiger partial charge in [-0.25, -0.2) is 0 Å². The molecule has 1 aromatic rings. The van der Waals surface area contributed by atoms with E-state index in [4.69, 9.17) is 0 Å². The Hall–Kier alpha value is -0.830. The molecule has 1 aliphatic carbocycles. The first-order valence-electron chi connectivity index (χ1n) is 6.93. The van der Waals surface area contributed by atoms with Crippen LogP contribution in [0.2, 0.25) is 0 Å². The molecule has 0 radical (unpaired) electrons. The van der Waals surface area contributed by atoms with E-state index in [2.05, 4.69) is 12.0 Å². The molecule has 0 aliphatic heterocycles. The van der Waals surface area contributed by atoms with Crippen LogP contribution in [0.25, 0.3) is 0 Å². The molecule has 1 atom stereocenters. The summed E-state index contributed by atoms with van der Waals surface area (Å²) >= 11 is 0. The highest BCUT2D eigenvalue weighted by Crippen LogP contribution is 2.31. The molecule has 3 heteroatoms. The van der Waals surface area contributed by atoms with Crippen LogP contribution >= 0.6 is 0 Å². The predicted molar refractivity (Wildman–Crippen MR) is 68.8 cm³/mol. The standard InChI is InChI=1S/C14H24N2O/c1-3-16-13(10-11(2)15-16)14(17)9-8-12-6-4-5-7-12/h10,12,14,17H,3-9H2,1-2H3. The van der Waals surface area contributed by atoms with Crippen LogP contribution in [0.15, 0.2) is 6.07 Å². The second-order valence-corrected chi connectivity index (χ2v) is 5.27. The van der Waals surface area contributed by atoms with Crippen LogP contribution in [0.5, 0.6) is 0 Å². The molecular weight excluding hydrogens is 212 g/mol. The van der Waals surface area contributed by atoms with Crippen LogP contribution in [0, 0.1) is 12.8 Å². The Balaban J connectivity index is 1.91. The second-order valence-electron chi connectivity index (χ2n) is 5.27. The van der Waals surface area contributed by atoms with Gasteiger partial charge in [0.2, 0.25) is 0 Å². The van der Waals surface area contributed by atoms with Crippen molar-refractivity contribution in [3.8, 4) is 0 Å². The van der Waals surface area contributed by atoms with Gasteiger partial charge in [0, 0.05) is 6.54 Å². The van der Waals surface area contributed by atoms with Gasteiger partial charge in [0.05, 0.1) is 17.5 Å². The van der Waals surface area contributed by atoms with E-state index < -0.39 is 0 Å². The fourth-order valence-electron chi connectivity index (χ4n) is 2.93. The lowest BCUT2D eigenvalue weighted by atomic mass is 9.98. The van der Waals surface area contributed by atoms with E-state index in [9.17, 15) is 5.11 Å². The number of hydrogen-bond acceptors (Lipinski definition) is 2. The van der Waals surface area contributed by atoms with Crippen molar-refractivity contribution < 1.29 is 5.11 Å². The van der Waals surface area contributed by atoms with Crippen LogP contribution in [0.4, 0.5) is 0 Å². The molecule has 1 heterocycles. The maximum absolute atomic E-state index is 10.2. The van der Waals surface area contributed by atoms with Crippen molar-refractivity contribution in [2.24, 2.45) is 5.92 Å². The van der Waals surface area contributed by atoms with Crippen LogP contribution in [0.1, 0.15) is 62.9 Å². The summed E-state index contributed by atoms with van der Waals surface area (Å²) in [5.41, 5.74) is 1.99. The minimum atomic E-state index is -0.336. The SMILES string of the molecule is CCn1nc(C)cc1C(O)CCC1CCCC1. The largest absolute Gasteiger partial charge is 0.387 e. The molecule has 0 bridgehead atoms. The zero-order valence-electron chi connectivity index (χ0n) is 11.0. The van der Waals surface area contributed by atoms with E-state index in [1.54, 1.807) is 0 Å². The molecule has 0 amide bonds. The van der Waals surface area contributed by atoms with E-state index in [-0.39, 0.29) is 6.10 Å².